The van der Waals surface area contributed by atoms with Crippen LogP contribution in [0.25, 0.3) is 0 Å². The maximum absolute atomic E-state index is 6.15. The molecule has 0 aromatic rings. The van der Waals surface area contributed by atoms with Crippen LogP contribution < -0.4 is 0 Å². The van der Waals surface area contributed by atoms with Crippen molar-refractivity contribution in [3.8, 4) is 0 Å². The molecule has 0 spiro atoms. The fourth-order valence-electron chi connectivity index (χ4n) is 3.36. The number of hydrogen-bond donors (Lipinski definition) is 0. The fraction of sp³-hybridized carbons (Fsp3) is 1.00. The fourth-order valence-corrected chi connectivity index (χ4v) is 3.36. The predicted octanol–water partition coefficient (Wildman–Crippen LogP) is 5.32. The smallest absolute Gasteiger partial charge is 0.0685 e. The van der Waals surface area contributed by atoms with Gasteiger partial charge in [0.1, 0.15) is 0 Å². The Balaban J connectivity index is 2.25. The molecular weight excluding hydrogens is 234 g/mol. The molecule has 1 saturated heterocycles. The molecule has 1 heterocycles. The second-order valence-electron chi connectivity index (χ2n) is 7.37. The van der Waals surface area contributed by atoms with Gasteiger partial charge in [0.25, 0.3) is 0 Å². The minimum Gasteiger partial charge on any atom is -0.298 e. The van der Waals surface area contributed by atoms with Gasteiger partial charge in [-0.1, -0.05) is 39.0 Å². The van der Waals surface area contributed by atoms with Gasteiger partial charge in [-0.3, -0.25) is 4.84 Å². The van der Waals surface area contributed by atoms with Crippen LogP contribution >= 0.6 is 0 Å². The van der Waals surface area contributed by atoms with Crippen molar-refractivity contribution in [1.82, 2.24) is 5.06 Å². The van der Waals surface area contributed by atoms with E-state index < -0.39 is 0 Å². The van der Waals surface area contributed by atoms with E-state index in [-0.39, 0.29) is 11.1 Å². The summed E-state index contributed by atoms with van der Waals surface area (Å²) in [5.74, 6) is 0. The molecule has 19 heavy (non-hydrogen) atoms. The van der Waals surface area contributed by atoms with E-state index in [1.165, 1.54) is 57.8 Å². The van der Waals surface area contributed by atoms with Gasteiger partial charge in [0.15, 0.2) is 0 Å². The zero-order chi connectivity index (χ0) is 14.4. The van der Waals surface area contributed by atoms with Gasteiger partial charge in [0, 0.05) is 11.1 Å². The van der Waals surface area contributed by atoms with Crippen LogP contribution in [0.4, 0.5) is 0 Å². The third kappa shape index (κ3) is 5.43. The lowest BCUT2D eigenvalue weighted by atomic mass is 9.82. The van der Waals surface area contributed by atoms with Gasteiger partial charge >= 0.3 is 0 Å². The van der Waals surface area contributed by atoms with Crippen molar-refractivity contribution < 1.29 is 4.84 Å². The summed E-state index contributed by atoms with van der Waals surface area (Å²) >= 11 is 0. The van der Waals surface area contributed by atoms with Crippen molar-refractivity contribution in [3.05, 3.63) is 0 Å². The molecule has 0 aromatic carbocycles. The zero-order valence-electron chi connectivity index (χ0n) is 13.9. The van der Waals surface area contributed by atoms with Crippen LogP contribution in [0.15, 0.2) is 0 Å². The van der Waals surface area contributed by atoms with Crippen molar-refractivity contribution >= 4 is 0 Å². The predicted molar refractivity (Wildman–Crippen MR) is 83.2 cm³/mol. The van der Waals surface area contributed by atoms with E-state index in [0.29, 0.717) is 0 Å². The Kier molecular flexibility index (Phi) is 6.82. The van der Waals surface area contributed by atoms with Gasteiger partial charge in [-0.2, -0.15) is 5.06 Å². The Morgan fingerprint density at radius 1 is 0.842 bits per heavy atom. The molecule has 0 bridgehead atoms. The van der Waals surface area contributed by atoms with Crippen LogP contribution in [-0.2, 0) is 4.84 Å². The molecule has 0 atom stereocenters. The lowest BCUT2D eigenvalue weighted by molar-refractivity contribution is -0.281. The molecule has 0 unspecified atom stereocenters. The van der Waals surface area contributed by atoms with E-state index >= 15 is 0 Å². The molecule has 2 heteroatoms. The maximum Gasteiger partial charge on any atom is 0.0685 e. The first kappa shape index (κ1) is 17.0. The molecular formula is C17H35NO. The Morgan fingerprint density at radius 3 is 1.95 bits per heavy atom. The molecule has 0 aliphatic carbocycles. The van der Waals surface area contributed by atoms with Crippen molar-refractivity contribution in [3.63, 3.8) is 0 Å². The Labute approximate surface area is 120 Å². The largest absolute Gasteiger partial charge is 0.298 e. The van der Waals surface area contributed by atoms with Gasteiger partial charge in [0.05, 0.1) is 6.61 Å². The summed E-state index contributed by atoms with van der Waals surface area (Å²) in [7, 11) is 0. The van der Waals surface area contributed by atoms with E-state index in [9.17, 15) is 0 Å². The molecule has 1 fully saturated rings. The third-order valence-electron chi connectivity index (χ3n) is 4.40. The van der Waals surface area contributed by atoms with Crippen molar-refractivity contribution in [2.75, 3.05) is 6.61 Å². The highest BCUT2D eigenvalue weighted by Crippen LogP contribution is 2.38. The normalized spacial score (nSPS) is 22.6. The topological polar surface area (TPSA) is 12.5 Å². The van der Waals surface area contributed by atoms with Crippen LogP contribution in [0.5, 0.6) is 0 Å². The highest BCUT2D eigenvalue weighted by atomic mass is 16.7. The summed E-state index contributed by atoms with van der Waals surface area (Å²) in [6.07, 6.45) is 11.8. The third-order valence-corrected chi connectivity index (χ3v) is 4.40. The van der Waals surface area contributed by atoms with E-state index in [1.54, 1.807) is 0 Å². The number of unbranched alkanes of at least 4 members (excludes halogenated alkanes) is 5. The summed E-state index contributed by atoms with van der Waals surface area (Å²) in [5, 5.41) is 2.29. The Morgan fingerprint density at radius 2 is 1.37 bits per heavy atom. The average molecular weight is 269 g/mol. The quantitative estimate of drug-likeness (QED) is 0.553. The standard InChI is InChI=1S/C17H35NO/c1-6-7-8-9-10-11-15-19-18-16(2,3)13-12-14-17(18,4)5/h6-15H2,1-5H3. The molecule has 1 aliphatic heterocycles. The van der Waals surface area contributed by atoms with Gasteiger partial charge < -0.3 is 0 Å². The number of nitrogens with zero attached hydrogens (tertiary/aromatic N) is 1. The summed E-state index contributed by atoms with van der Waals surface area (Å²) in [6, 6.07) is 0. The Hall–Kier alpha value is -0.0800. The van der Waals surface area contributed by atoms with Crippen molar-refractivity contribution in [2.24, 2.45) is 0 Å². The Bertz CT molecular complexity index is 232. The van der Waals surface area contributed by atoms with Crippen molar-refractivity contribution in [1.29, 1.82) is 0 Å². The van der Waals surface area contributed by atoms with Crippen molar-refractivity contribution in [2.45, 2.75) is 103 Å². The van der Waals surface area contributed by atoms with Crippen LogP contribution in [-0.4, -0.2) is 22.7 Å². The van der Waals surface area contributed by atoms with Gasteiger partial charge in [-0.25, -0.2) is 0 Å². The highest BCUT2D eigenvalue weighted by molar-refractivity contribution is 4.92. The minimum absolute atomic E-state index is 0.184. The molecule has 0 amide bonds. The first-order valence-electron chi connectivity index (χ1n) is 8.33. The summed E-state index contributed by atoms with van der Waals surface area (Å²) < 4.78 is 0. The number of hydrogen-bond acceptors (Lipinski definition) is 2. The number of rotatable bonds is 8. The van der Waals surface area contributed by atoms with Gasteiger partial charge in [-0.05, 0) is 53.4 Å². The van der Waals surface area contributed by atoms with Crippen LogP contribution in [0.3, 0.4) is 0 Å². The lowest BCUT2D eigenvalue weighted by Gasteiger charge is -2.51. The first-order chi connectivity index (χ1) is 8.90. The summed E-state index contributed by atoms with van der Waals surface area (Å²) in [5.41, 5.74) is 0.369. The van der Waals surface area contributed by atoms with E-state index in [0.717, 1.165) is 6.61 Å². The SMILES string of the molecule is CCCCCCCCON1C(C)(C)CCCC1(C)C. The molecule has 1 rings (SSSR count). The first-order valence-corrected chi connectivity index (χ1v) is 8.33. The average Bonchev–Trinajstić information content (AvgIpc) is 2.30. The van der Waals surface area contributed by atoms with Gasteiger partial charge in [0.2, 0.25) is 0 Å². The lowest BCUT2D eigenvalue weighted by Crippen LogP contribution is -2.58. The summed E-state index contributed by atoms with van der Waals surface area (Å²) in [4.78, 5) is 6.15. The summed E-state index contributed by atoms with van der Waals surface area (Å²) in [6.45, 7) is 12.4. The molecule has 1 aliphatic rings. The minimum atomic E-state index is 0.184. The molecule has 114 valence electrons. The molecule has 2 nitrogen and oxygen atoms in total. The molecule has 0 saturated carbocycles. The van der Waals surface area contributed by atoms with E-state index in [1.807, 2.05) is 0 Å². The molecule has 0 radical (unpaired) electrons. The monoisotopic (exact) mass is 269 g/mol. The highest BCUT2D eigenvalue weighted by Gasteiger charge is 2.42. The molecule has 0 aromatic heterocycles. The second-order valence-corrected chi connectivity index (χ2v) is 7.37. The zero-order valence-corrected chi connectivity index (χ0v) is 13.9. The van der Waals surface area contributed by atoms with Crippen LogP contribution in [0.2, 0.25) is 0 Å². The second kappa shape index (κ2) is 7.64. The maximum atomic E-state index is 6.15. The van der Waals surface area contributed by atoms with Crippen LogP contribution in [0, 0.1) is 0 Å². The van der Waals surface area contributed by atoms with Gasteiger partial charge in [-0.15, -0.1) is 0 Å². The number of piperidine rings is 1. The van der Waals surface area contributed by atoms with E-state index in [2.05, 4.69) is 39.7 Å². The number of hydroxylamine groups is 2. The molecule has 0 N–H and O–H groups in total. The van der Waals surface area contributed by atoms with Crippen LogP contribution in [0.1, 0.15) is 92.4 Å². The van der Waals surface area contributed by atoms with E-state index in [4.69, 9.17) is 4.84 Å².